The van der Waals surface area contributed by atoms with Crippen molar-refractivity contribution in [1.29, 1.82) is 0 Å². The van der Waals surface area contributed by atoms with Gasteiger partial charge >= 0.3 is 12.1 Å². The van der Waals surface area contributed by atoms with E-state index < -0.39 is 35.6 Å². The van der Waals surface area contributed by atoms with E-state index in [1.807, 2.05) is 30.3 Å². The van der Waals surface area contributed by atoms with Gasteiger partial charge in [0.1, 0.15) is 24.6 Å². The summed E-state index contributed by atoms with van der Waals surface area (Å²) in [4.78, 5) is 39.4. The van der Waals surface area contributed by atoms with Crippen molar-refractivity contribution in [2.45, 2.75) is 51.5 Å². The average molecular weight is 645 g/mol. The third kappa shape index (κ3) is 16.5. The highest BCUT2D eigenvalue weighted by molar-refractivity contribution is 6.05. The number of carbonyl (C=O) groups excluding carboxylic acids is 3. The standard InChI is InChI=1S/C34H48N2O10/c1-5-16-44-33(39)36-29(24-26-11-13-28(14-12-26)45-25-27-9-7-6-8-10-27)30(37)31(32(38)46-34(2,3)4)43-23-22-42-21-20-41-19-18-40-17-15-35/h5-14,29,31H,1,15-25,35H2,2-4H3,(H,36,39)/t29-,31?/m0/s1. The van der Waals surface area contributed by atoms with Gasteiger partial charge in [-0.05, 0) is 44.0 Å². The van der Waals surface area contributed by atoms with Gasteiger partial charge in [0.2, 0.25) is 6.10 Å². The minimum absolute atomic E-state index is 0.0481. The normalized spacial score (nSPS) is 12.5. The maximum atomic E-state index is 13.8. The summed E-state index contributed by atoms with van der Waals surface area (Å²) in [6, 6.07) is 15.7. The third-order valence-electron chi connectivity index (χ3n) is 5.98. The van der Waals surface area contributed by atoms with Crippen molar-refractivity contribution in [1.82, 2.24) is 5.32 Å². The zero-order valence-corrected chi connectivity index (χ0v) is 27.1. The lowest BCUT2D eigenvalue weighted by molar-refractivity contribution is -0.172. The van der Waals surface area contributed by atoms with E-state index in [0.717, 1.165) is 5.56 Å². The van der Waals surface area contributed by atoms with Crippen LogP contribution in [0.5, 0.6) is 5.75 Å². The molecule has 12 nitrogen and oxygen atoms in total. The zero-order valence-electron chi connectivity index (χ0n) is 27.1. The molecule has 0 saturated heterocycles. The first-order chi connectivity index (χ1) is 22.1. The molecule has 2 rings (SSSR count). The number of nitrogens with two attached hydrogens (primary N) is 1. The highest BCUT2D eigenvalue weighted by atomic mass is 16.6. The lowest BCUT2D eigenvalue weighted by atomic mass is 9.98. The summed E-state index contributed by atoms with van der Waals surface area (Å²) in [7, 11) is 0. The number of Topliss-reactive ketones (excluding diaryl/α,β-unsaturated/α-hetero) is 1. The van der Waals surface area contributed by atoms with Gasteiger partial charge in [-0.2, -0.15) is 0 Å². The monoisotopic (exact) mass is 644 g/mol. The summed E-state index contributed by atoms with van der Waals surface area (Å²) in [6.07, 6.45) is -1.03. The third-order valence-corrected chi connectivity index (χ3v) is 5.98. The fraction of sp³-hybridized carbons (Fsp3) is 0.500. The second-order valence-corrected chi connectivity index (χ2v) is 11.0. The first kappa shape index (κ1) is 38.4. The van der Waals surface area contributed by atoms with Crippen LogP contribution in [0.2, 0.25) is 0 Å². The highest BCUT2D eigenvalue weighted by Crippen LogP contribution is 2.18. The number of hydrogen-bond acceptors (Lipinski definition) is 11. The Morgan fingerprint density at radius 3 is 2.04 bits per heavy atom. The maximum Gasteiger partial charge on any atom is 0.408 e. The Bertz CT molecular complexity index is 1170. The minimum atomic E-state index is -1.63. The maximum absolute atomic E-state index is 13.8. The molecule has 0 fully saturated rings. The largest absolute Gasteiger partial charge is 0.489 e. The topological polar surface area (TPSA) is 154 Å². The van der Waals surface area contributed by atoms with Crippen LogP contribution in [-0.4, -0.2) is 95.0 Å². The van der Waals surface area contributed by atoms with Gasteiger partial charge in [0.15, 0.2) is 5.78 Å². The number of nitrogens with one attached hydrogen (secondary N) is 1. The van der Waals surface area contributed by atoms with E-state index in [4.69, 9.17) is 38.9 Å². The van der Waals surface area contributed by atoms with E-state index in [1.54, 1.807) is 45.0 Å². The van der Waals surface area contributed by atoms with Gasteiger partial charge in [0.25, 0.3) is 0 Å². The Morgan fingerprint density at radius 2 is 1.46 bits per heavy atom. The predicted molar refractivity (Wildman–Crippen MR) is 171 cm³/mol. The molecule has 12 heteroatoms. The van der Waals surface area contributed by atoms with Crippen molar-refractivity contribution >= 4 is 17.8 Å². The van der Waals surface area contributed by atoms with Crippen molar-refractivity contribution in [2.24, 2.45) is 5.73 Å². The quantitative estimate of drug-likeness (QED) is 0.0792. The molecule has 0 aliphatic carbocycles. The molecule has 2 aromatic carbocycles. The number of rotatable bonds is 23. The van der Waals surface area contributed by atoms with E-state index >= 15 is 0 Å². The second kappa shape index (κ2) is 21.8. The fourth-order valence-electron chi connectivity index (χ4n) is 3.89. The van der Waals surface area contributed by atoms with Crippen LogP contribution in [0.25, 0.3) is 0 Å². The summed E-state index contributed by atoms with van der Waals surface area (Å²) in [5.74, 6) is -0.946. The Hall–Kier alpha value is -3.81. The molecule has 0 bridgehead atoms. The first-order valence-corrected chi connectivity index (χ1v) is 15.2. The van der Waals surface area contributed by atoms with Gasteiger partial charge in [-0.25, -0.2) is 9.59 Å². The smallest absolute Gasteiger partial charge is 0.408 e. The number of ether oxygens (including phenoxy) is 7. The summed E-state index contributed by atoms with van der Waals surface area (Å²) in [6.45, 7) is 11.3. The number of ketones is 1. The predicted octanol–water partition coefficient (Wildman–Crippen LogP) is 3.39. The van der Waals surface area contributed by atoms with Crippen LogP contribution >= 0.6 is 0 Å². The Labute approximate surface area is 271 Å². The molecule has 46 heavy (non-hydrogen) atoms. The molecule has 2 aromatic rings. The SMILES string of the molecule is C=CCOC(=O)N[C@@H](Cc1ccc(OCc2ccccc2)cc1)C(=O)C(OCCOCCOCCOCCN)C(=O)OC(C)(C)C. The fourth-order valence-corrected chi connectivity index (χ4v) is 3.89. The lowest BCUT2D eigenvalue weighted by Crippen LogP contribution is -2.51. The van der Waals surface area contributed by atoms with Gasteiger partial charge in [-0.3, -0.25) is 4.79 Å². The van der Waals surface area contributed by atoms with Crippen molar-refractivity contribution < 1.29 is 47.5 Å². The molecule has 2 atom stereocenters. The Morgan fingerprint density at radius 1 is 0.848 bits per heavy atom. The van der Waals surface area contributed by atoms with Crippen LogP contribution in [0.15, 0.2) is 67.3 Å². The van der Waals surface area contributed by atoms with E-state index in [-0.39, 0.29) is 32.8 Å². The number of esters is 1. The average Bonchev–Trinajstić information content (AvgIpc) is 3.03. The van der Waals surface area contributed by atoms with Gasteiger partial charge in [-0.15, -0.1) is 0 Å². The van der Waals surface area contributed by atoms with Crippen molar-refractivity contribution in [3.05, 3.63) is 78.4 Å². The lowest BCUT2D eigenvalue weighted by Gasteiger charge is -2.26. The van der Waals surface area contributed by atoms with E-state index in [2.05, 4.69) is 11.9 Å². The number of carbonyl (C=O) groups is 3. The Balaban J connectivity index is 2.06. The molecular weight excluding hydrogens is 596 g/mol. The highest BCUT2D eigenvalue weighted by Gasteiger charge is 2.37. The van der Waals surface area contributed by atoms with Crippen LogP contribution in [0.4, 0.5) is 4.79 Å². The van der Waals surface area contributed by atoms with Crippen LogP contribution in [0.3, 0.4) is 0 Å². The molecular formula is C34H48N2O10. The van der Waals surface area contributed by atoms with Gasteiger partial charge < -0.3 is 44.2 Å². The molecule has 0 aromatic heterocycles. The summed E-state index contributed by atoms with van der Waals surface area (Å²) >= 11 is 0. The molecule has 0 heterocycles. The first-order valence-electron chi connectivity index (χ1n) is 15.2. The van der Waals surface area contributed by atoms with Crippen molar-refractivity contribution in [3.63, 3.8) is 0 Å². The summed E-state index contributed by atoms with van der Waals surface area (Å²) in [5, 5.41) is 2.56. The van der Waals surface area contributed by atoms with Crippen molar-refractivity contribution in [2.75, 3.05) is 59.4 Å². The molecule has 254 valence electrons. The van der Waals surface area contributed by atoms with Crippen LogP contribution < -0.4 is 15.8 Å². The van der Waals surface area contributed by atoms with Gasteiger partial charge in [0, 0.05) is 13.0 Å². The van der Waals surface area contributed by atoms with Crippen molar-refractivity contribution in [3.8, 4) is 5.75 Å². The molecule has 0 spiro atoms. The molecule has 0 radical (unpaired) electrons. The minimum Gasteiger partial charge on any atom is -0.489 e. The van der Waals surface area contributed by atoms with Gasteiger partial charge in [-0.1, -0.05) is 55.1 Å². The number of benzene rings is 2. The van der Waals surface area contributed by atoms with E-state index in [9.17, 15) is 14.4 Å². The molecule has 1 amide bonds. The van der Waals surface area contributed by atoms with Crippen LogP contribution in [-0.2, 0) is 51.0 Å². The summed E-state index contributed by atoms with van der Waals surface area (Å²) in [5.41, 5.74) is 6.21. The van der Waals surface area contributed by atoms with Crippen LogP contribution in [0.1, 0.15) is 31.9 Å². The number of hydrogen-bond donors (Lipinski definition) is 2. The van der Waals surface area contributed by atoms with E-state index in [1.165, 1.54) is 6.08 Å². The molecule has 0 saturated carbocycles. The molecule has 0 aliphatic heterocycles. The van der Waals surface area contributed by atoms with E-state index in [0.29, 0.717) is 50.9 Å². The van der Waals surface area contributed by atoms with Gasteiger partial charge in [0.05, 0.1) is 52.3 Å². The number of alkyl carbamates (subject to hydrolysis) is 1. The molecule has 1 unspecified atom stereocenters. The molecule has 3 N–H and O–H groups in total. The van der Waals surface area contributed by atoms with Crippen LogP contribution in [0, 0.1) is 0 Å². The molecule has 0 aliphatic rings. The summed E-state index contributed by atoms with van der Waals surface area (Å²) < 4.78 is 38.2. The zero-order chi connectivity index (χ0) is 33.6. The number of amides is 1. The Kier molecular flexibility index (Phi) is 18.2. The second-order valence-electron chi connectivity index (χ2n) is 11.0.